The zero-order valence-corrected chi connectivity index (χ0v) is 18.4. The lowest BCUT2D eigenvalue weighted by atomic mass is 9.93. The SMILES string of the molecule is COc1ccc(C2=N[C@H](c3ccc(OC)c(Br)c3)N[C@H](c3ccccc3O)C2)cc1. The summed E-state index contributed by atoms with van der Waals surface area (Å²) in [7, 11) is 3.30. The molecule has 0 radical (unpaired) electrons. The van der Waals surface area contributed by atoms with Crippen LogP contribution >= 0.6 is 15.9 Å². The molecule has 0 bridgehead atoms. The van der Waals surface area contributed by atoms with Gasteiger partial charge >= 0.3 is 0 Å². The van der Waals surface area contributed by atoms with E-state index in [2.05, 4.69) is 21.2 Å². The summed E-state index contributed by atoms with van der Waals surface area (Å²) in [5.41, 5.74) is 3.88. The molecule has 0 fully saturated rings. The van der Waals surface area contributed by atoms with Crippen molar-refractivity contribution < 1.29 is 14.6 Å². The van der Waals surface area contributed by atoms with Crippen LogP contribution in [-0.2, 0) is 0 Å². The van der Waals surface area contributed by atoms with Crippen molar-refractivity contribution in [3.05, 3.63) is 87.9 Å². The highest BCUT2D eigenvalue weighted by Gasteiger charge is 2.28. The zero-order valence-electron chi connectivity index (χ0n) is 16.8. The molecular weight excluding hydrogens is 444 g/mol. The van der Waals surface area contributed by atoms with Gasteiger partial charge in [0.2, 0.25) is 0 Å². The van der Waals surface area contributed by atoms with Crippen molar-refractivity contribution in [3.8, 4) is 17.2 Å². The van der Waals surface area contributed by atoms with Gasteiger partial charge in [-0.1, -0.05) is 24.3 Å². The van der Waals surface area contributed by atoms with E-state index in [-0.39, 0.29) is 18.0 Å². The molecule has 2 N–H and O–H groups in total. The summed E-state index contributed by atoms with van der Waals surface area (Å²) < 4.78 is 11.5. The molecule has 6 heteroatoms. The van der Waals surface area contributed by atoms with Crippen molar-refractivity contribution in [2.45, 2.75) is 18.6 Å². The van der Waals surface area contributed by atoms with Gasteiger partial charge in [0.15, 0.2) is 0 Å². The molecule has 0 spiro atoms. The number of benzene rings is 3. The molecule has 0 aromatic heterocycles. The van der Waals surface area contributed by atoms with E-state index >= 15 is 0 Å². The second kappa shape index (κ2) is 8.90. The normalized spacial score (nSPS) is 18.6. The molecule has 1 heterocycles. The van der Waals surface area contributed by atoms with Gasteiger partial charge in [-0.2, -0.15) is 0 Å². The van der Waals surface area contributed by atoms with Crippen LogP contribution in [0.25, 0.3) is 0 Å². The molecule has 3 aromatic carbocycles. The van der Waals surface area contributed by atoms with Crippen LogP contribution in [0.15, 0.2) is 76.2 Å². The first-order chi connectivity index (χ1) is 14.6. The summed E-state index contributed by atoms with van der Waals surface area (Å²) in [6.07, 6.45) is 0.403. The summed E-state index contributed by atoms with van der Waals surface area (Å²) in [5.74, 6) is 1.85. The smallest absolute Gasteiger partial charge is 0.133 e. The Kier molecular flexibility index (Phi) is 6.06. The lowest BCUT2D eigenvalue weighted by molar-refractivity contribution is 0.406. The van der Waals surface area contributed by atoms with Crippen LogP contribution in [-0.4, -0.2) is 25.0 Å². The Hall–Kier alpha value is -2.83. The third kappa shape index (κ3) is 4.20. The fourth-order valence-electron chi connectivity index (χ4n) is 3.67. The van der Waals surface area contributed by atoms with E-state index in [0.717, 1.165) is 38.4 Å². The third-order valence-electron chi connectivity index (χ3n) is 5.27. The molecule has 30 heavy (non-hydrogen) atoms. The van der Waals surface area contributed by atoms with E-state index in [1.165, 1.54) is 0 Å². The molecule has 3 aromatic rings. The van der Waals surface area contributed by atoms with Crippen LogP contribution in [0, 0.1) is 0 Å². The molecule has 1 aliphatic heterocycles. The van der Waals surface area contributed by atoms with Gasteiger partial charge in [-0.05, 0) is 69.5 Å². The number of para-hydroxylation sites is 1. The number of rotatable bonds is 5. The van der Waals surface area contributed by atoms with E-state index in [9.17, 15) is 5.11 Å². The molecule has 0 amide bonds. The van der Waals surface area contributed by atoms with Gasteiger partial charge in [-0.3, -0.25) is 10.3 Å². The Bertz CT molecular complexity index is 1070. The number of nitrogens with zero attached hydrogens (tertiary/aromatic N) is 1. The first kappa shape index (κ1) is 20.4. The quantitative estimate of drug-likeness (QED) is 0.528. The van der Waals surface area contributed by atoms with Crippen LogP contribution in [0.4, 0.5) is 0 Å². The Balaban J connectivity index is 1.74. The van der Waals surface area contributed by atoms with E-state index in [1.807, 2.05) is 60.7 Å². The number of aromatic hydroxyl groups is 1. The Labute approximate surface area is 184 Å². The Morgan fingerprint density at radius 2 is 1.77 bits per heavy atom. The molecule has 4 rings (SSSR count). The second-order valence-corrected chi connectivity index (χ2v) is 7.94. The number of aliphatic imine (C=N–C) groups is 1. The minimum atomic E-state index is -0.261. The molecule has 1 aliphatic rings. The summed E-state index contributed by atoms with van der Waals surface area (Å²) in [4.78, 5) is 5.00. The van der Waals surface area contributed by atoms with Crippen molar-refractivity contribution in [1.29, 1.82) is 0 Å². The van der Waals surface area contributed by atoms with Gasteiger partial charge in [0.1, 0.15) is 23.4 Å². The maximum atomic E-state index is 10.4. The largest absolute Gasteiger partial charge is 0.508 e. The van der Waals surface area contributed by atoms with Crippen molar-refractivity contribution in [3.63, 3.8) is 0 Å². The average molecular weight is 467 g/mol. The fourth-order valence-corrected chi connectivity index (χ4v) is 4.23. The number of halogens is 1. The monoisotopic (exact) mass is 466 g/mol. The summed E-state index contributed by atoms with van der Waals surface area (Å²) in [5, 5.41) is 14.0. The molecular formula is C24H23BrN2O3. The van der Waals surface area contributed by atoms with Crippen LogP contribution in [0.3, 0.4) is 0 Å². The molecule has 0 saturated heterocycles. The summed E-state index contributed by atoms with van der Waals surface area (Å²) in [6, 6.07) is 21.2. The highest BCUT2D eigenvalue weighted by Crippen LogP contribution is 2.36. The van der Waals surface area contributed by atoms with Crippen LogP contribution in [0.1, 0.15) is 35.3 Å². The van der Waals surface area contributed by atoms with Crippen LogP contribution in [0.5, 0.6) is 17.2 Å². The number of nitrogens with one attached hydrogen (secondary N) is 1. The topological polar surface area (TPSA) is 63.1 Å². The number of methoxy groups -OCH3 is 2. The zero-order chi connectivity index (χ0) is 21.1. The van der Waals surface area contributed by atoms with Gasteiger partial charge in [0, 0.05) is 23.7 Å². The van der Waals surface area contributed by atoms with Gasteiger partial charge < -0.3 is 14.6 Å². The third-order valence-corrected chi connectivity index (χ3v) is 5.89. The van der Waals surface area contributed by atoms with Crippen LogP contribution < -0.4 is 14.8 Å². The van der Waals surface area contributed by atoms with Gasteiger partial charge in [-0.25, -0.2) is 0 Å². The fraction of sp³-hybridized carbons (Fsp3) is 0.208. The van der Waals surface area contributed by atoms with Crippen molar-refractivity contribution >= 4 is 21.6 Å². The van der Waals surface area contributed by atoms with Gasteiger partial charge in [0.25, 0.3) is 0 Å². The first-order valence-corrected chi connectivity index (χ1v) is 10.5. The highest BCUT2D eigenvalue weighted by atomic mass is 79.9. The molecule has 0 unspecified atom stereocenters. The number of ether oxygens (including phenoxy) is 2. The Morgan fingerprint density at radius 3 is 2.43 bits per heavy atom. The minimum absolute atomic E-state index is 0.0771. The van der Waals surface area contributed by atoms with E-state index < -0.39 is 0 Å². The van der Waals surface area contributed by atoms with E-state index in [4.69, 9.17) is 14.5 Å². The number of phenolic OH excluding ortho intramolecular Hbond substituents is 1. The maximum Gasteiger partial charge on any atom is 0.133 e. The maximum absolute atomic E-state index is 10.4. The molecule has 0 aliphatic carbocycles. The van der Waals surface area contributed by atoms with Crippen molar-refractivity contribution in [2.75, 3.05) is 14.2 Å². The van der Waals surface area contributed by atoms with Crippen molar-refractivity contribution in [2.24, 2.45) is 4.99 Å². The summed E-state index contributed by atoms with van der Waals surface area (Å²) in [6.45, 7) is 0. The lowest BCUT2D eigenvalue weighted by Crippen LogP contribution is -2.33. The standard InChI is InChI=1S/C24H23BrN2O3/c1-29-17-10-7-15(8-11-17)20-14-21(18-5-3-4-6-22(18)28)27-24(26-20)16-9-12-23(30-2)19(25)13-16/h3-13,21,24,27-28H,14H2,1-2H3/t21-,24-/m0/s1. The first-order valence-electron chi connectivity index (χ1n) is 9.67. The van der Waals surface area contributed by atoms with Crippen molar-refractivity contribution in [1.82, 2.24) is 5.32 Å². The van der Waals surface area contributed by atoms with Crippen LogP contribution in [0.2, 0.25) is 0 Å². The molecule has 5 nitrogen and oxygen atoms in total. The molecule has 2 atom stereocenters. The number of hydrogen-bond donors (Lipinski definition) is 2. The predicted octanol–water partition coefficient (Wildman–Crippen LogP) is 5.39. The Morgan fingerprint density at radius 1 is 1.00 bits per heavy atom. The lowest BCUT2D eigenvalue weighted by Gasteiger charge is -2.31. The number of phenols is 1. The average Bonchev–Trinajstić information content (AvgIpc) is 2.79. The number of hydrogen-bond acceptors (Lipinski definition) is 5. The summed E-state index contributed by atoms with van der Waals surface area (Å²) >= 11 is 3.57. The van der Waals surface area contributed by atoms with Gasteiger partial charge in [0.05, 0.1) is 18.7 Å². The highest BCUT2D eigenvalue weighted by molar-refractivity contribution is 9.10. The molecule has 0 saturated carbocycles. The van der Waals surface area contributed by atoms with Gasteiger partial charge in [-0.15, -0.1) is 0 Å². The van der Waals surface area contributed by atoms with E-state index in [1.54, 1.807) is 20.3 Å². The predicted molar refractivity (Wildman–Crippen MR) is 122 cm³/mol. The second-order valence-electron chi connectivity index (χ2n) is 7.08. The molecule has 154 valence electrons. The minimum Gasteiger partial charge on any atom is -0.508 e. The van der Waals surface area contributed by atoms with E-state index in [0.29, 0.717) is 6.42 Å².